The van der Waals surface area contributed by atoms with Crippen LogP contribution in [0.4, 0.5) is 0 Å². The molecule has 154 valence electrons. The van der Waals surface area contributed by atoms with E-state index in [-0.39, 0.29) is 24.0 Å². The lowest BCUT2D eigenvalue weighted by Gasteiger charge is -2.58. The molecule has 0 radical (unpaired) electrons. The smallest absolute Gasteiger partial charge is 0.332 e. The molecule has 2 aliphatic carbocycles. The van der Waals surface area contributed by atoms with Crippen LogP contribution in [-0.2, 0) is 14.3 Å². The number of rotatable bonds is 5. The molecule has 7 atom stereocenters. The van der Waals surface area contributed by atoms with E-state index in [1.807, 2.05) is 27.7 Å². The minimum atomic E-state index is -0.906. The molecule has 0 saturated heterocycles. The second kappa shape index (κ2) is 7.64. The molecule has 2 rings (SSSR count). The number of ether oxygens (including phenoxy) is 1. The Balaban J connectivity index is 2.69. The number of hydrogen-bond acceptors (Lipinski definition) is 6. The van der Waals surface area contributed by atoms with Gasteiger partial charge in [0.25, 0.3) is 0 Å². The lowest BCUT2D eigenvalue weighted by atomic mass is 9.46. The quantitative estimate of drug-likeness (QED) is 0.495. The van der Waals surface area contributed by atoms with Gasteiger partial charge in [0.15, 0.2) is 0 Å². The Kier molecular flexibility index (Phi) is 6.24. The Morgan fingerprint density at radius 1 is 1.41 bits per heavy atom. The third-order valence-corrected chi connectivity index (χ3v) is 7.76. The van der Waals surface area contributed by atoms with Crippen LogP contribution in [0.3, 0.4) is 0 Å². The van der Waals surface area contributed by atoms with Crippen molar-refractivity contribution in [2.75, 3.05) is 13.2 Å². The van der Waals surface area contributed by atoms with E-state index in [0.717, 1.165) is 6.42 Å². The second-order valence-corrected chi connectivity index (χ2v) is 9.03. The van der Waals surface area contributed by atoms with Crippen molar-refractivity contribution in [3.63, 3.8) is 0 Å². The molecule has 27 heavy (non-hydrogen) atoms. The molecule has 0 aliphatic heterocycles. The van der Waals surface area contributed by atoms with E-state index in [1.165, 1.54) is 0 Å². The zero-order valence-corrected chi connectivity index (χ0v) is 17.0. The van der Waals surface area contributed by atoms with E-state index in [2.05, 4.69) is 6.58 Å². The first-order chi connectivity index (χ1) is 12.5. The first kappa shape index (κ1) is 22.1. The fourth-order valence-electron chi connectivity index (χ4n) is 5.44. The summed E-state index contributed by atoms with van der Waals surface area (Å²) < 4.78 is 5.61. The topological polar surface area (TPSA) is 110 Å². The van der Waals surface area contributed by atoms with Gasteiger partial charge in [0.2, 0.25) is 0 Å². The molecule has 0 aromatic rings. The first-order valence-corrected chi connectivity index (χ1v) is 9.90. The maximum Gasteiger partial charge on any atom is 0.332 e. The average molecular weight is 382 g/mol. The summed E-state index contributed by atoms with van der Waals surface area (Å²) >= 11 is 0. The van der Waals surface area contributed by atoms with Crippen LogP contribution in [0.1, 0.15) is 53.4 Å². The number of aliphatic hydroxyl groups excluding tert-OH is 2. The van der Waals surface area contributed by atoms with Crippen molar-refractivity contribution in [2.24, 2.45) is 33.8 Å². The average Bonchev–Trinajstić information content (AvgIpc) is 2.66. The molecular formula is C21H35NO5. The number of hydrogen-bond donors (Lipinski definition) is 3. The number of aliphatic hydroxyl groups is 2. The zero-order chi connectivity index (χ0) is 20.6. The fraction of sp³-hybridized carbons (Fsp3) is 0.810. The number of Topliss-reactive ketones (excluding diaryl/α,β-unsaturated/α-hetero) is 1. The Hall–Kier alpha value is -1.24. The summed E-state index contributed by atoms with van der Waals surface area (Å²) in [6.07, 6.45) is 2.34. The molecule has 4 N–H and O–H groups in total. The van der Waals surface area contributed by atoms with Gasteiger partial charge >= 0.3 is 5.97 Å². The van der Waals surface area contributed by atoms with Gasteiger partial charge in [0.1, 0.15) is 18.5 Å². The van der Waals surface area contributed by atoms with Gasteiger partial charge in [0.05, 0.1) is 11.5 Å². The molecule has 2 bridgehead atoms. The molecule has 1 unspecified atom stereocenters. The lowest BCUT2D eigenvalue weighted by Crippen LogP contribution is -2.64. The number of ketones is 1. The number of carbonyl (C=O) groups is 2. The minimum Gasteiger partial charge on any atom is -0.460 e. The van der Waals surface area contributed by atoms with Crippen LogP contribution in [-0.4, -0.2) is 47.3 Å². The third-order valence-electron chi connectivity index (χ3n) is 7.76. The molecule has 2 saturated carbocycles. The Morgan fingerprint density at radius 2 is 2.04 bits per heavy atom. The van der Waals surface area contributed by atoms with Crippen molar-refractivity contribution in [2.45, 2.75) is 65.6 Å². The van der Waals surface area contributed by atoms with E-state index < -0.39 is 41.0 Å². The van der Waals surface area contributed by atoms with E-state index in [1.54, 1.807) is 6.08 Å². The molecule has 2 aliphatic rings. The number of esters is 1. The summed E-state index contributed by atoms with van der Waals surface area (Å²) in [5.41, 5.74) is 3.49. The number of fused-ring (bicyclic) bond motifs is 2. The number of nitrogens with two attached hydrogens (primary N) is 1. The highest BCUT2D eigenvalue weighted by Crippen LogP contribution is 2.59. The van der Waals surface area contributed by atoms with E-state index in [4.69, 9.17) is 10.5 Å². The Morgan fingerprint density at radius 3 is 2.56 bits per heavy atom. The zero-order valence-electron chi connectivity index (χ0n) is 17.0. The van der Waals surface area contributed by atoms with Crippen molar-refractivity contribution in [3.05, 3.63) is 12.7 Å². The van der Waals surface area contributed by atoms with Gasteiger partial charge in [0, 0.05) is 10.8 Å². The number of carbonyl (C=O) groups excluding carboxylic acids is 2. The fourth-order valence-corrected chi connectivity index (χ4v) is 5.44. The maximum absolute atomic E-state index is 13.9. The van der Waals surface area contributed by atoms with E-state index >= 15 is 0 Å². The van der Waals surface area contributed by atoms with Crippen LogP contribution in [0.5, 0.6) is 0 Å². The Bertz CT molecular complexity index is 607. The molecule has 0 amide bonds. The van der Waals surface area contributed by atoms with Gasteiger partial charge in [-0.2, -0.15) is 0 Å². The molecule has 2 fully saturated rings. The van der Waals surface area contributed by atoms with Crippen LogP contribution in [0.2, 0.25) is 0 Å². The highest BCUT2D eigenvalue weighted by Gasteiger charge is 2.64. The maximum atomic E-state index is 13.9. The van der Waals surface area contributed by atoms with Gasteiger partial charge in [-0.15, -0.1) is 6.58 Å². The molecule has 0 aromatic heterocycles. The summed E-state index contributed by atoms with van der Waals surface area (Å²) in [6, 6.07) is 0. The molecule has 6 heteroatoms. The summed E-state index contributed by atoms with van der Waals surface area (Å²) in [6.45, 7) is 11.2. The molecule has 6 nitrogen and oxygen atoms in total. The van der Waals surface area contributed by atoms with Crippen molar-refractivity contribution in [3.8, 4) is 0 Å². The van der Waals surface area contributed by atoms with Crippen LogP contribution in [0, 0.1) is 28.1 Å². The minimum absolute atomic E-state index is 0.00361. The van der Waals surface area contributed by atoms with Crippen molar-refractivity contribution < 1.29 is 24.5 Å². The van der Waals surface area contributed by atoms with Crippen LogP contribution >= 0.6 is 0 Å². The van der Waals surface area contributed by atoms with Gasteiger partial charge in [-0.1, -0.05) is 26.8 Å². The molecule has 0 spiro atoms. The van der Waals surface area contributed by atoms with Crippen molar-refractivity contribution in [1.82, 2.24) is 0 Å². The van der Waals surface area contributed by atoms with Crippen LogP contribution in [0.25, 0.3) is 0 Å². The van der Waals surface area contributed by atoms with E-state index in [0.29, 0.717) is 19.4 Å². The molecule has 0 aromatic carbocycles. The van der Waals surface area contributed by atoms with Crippen LogP contribution in [0.15, 0.2) is 12.7 Å². The van der Waals surface area contributed by atoms with Crippen LogP contribution < -0.4 is 5.73 Å². The normalized spacial score (nSPS) is 44.9. The Labute approximate surface area is 162 Å². The first-order valence-electron chi connectivity index (χ1n) is 9.90. The highest BCUT2D eigenvalue weighted by molar-refractivity contribution is 5.92. The SMILES string of the molecule is C=C[C@]1(C)C[C@@H](OC(=O)CO)[C@@]2(C)C(=O)[C@](CCN)(CCC2C)[C@@H](C)[C@@H]1O. The van der Waals surface area contributed by atoms with Crippen molar-refractivity contribution in [1.29, 1.82) is 0 Å². The molecular weight excluding hydrogens is 346 g/mol. The highest BCUT2D eigenvalue weighted by atomic mass is 16.6. The standard InChI is InChI=1S/C21H35NO5/c1-6-19(4)11-15(27-16(24)12-23)20(5)13(2)7-8-21(9-10-22,18(20)26)14(3)17(19)25/h6,13-15,17,23,25H,1,7-12,22H2,2-5H3/t13?,14-,15+,17-,19+,20-,21-/m0/s1. The largest absolute Gasteiger partial charge is 0.460 e. The second-order valence-electron chi connectivity index (χ2n) is 9.03. The predicted molar refractivity (Wildman–Crippen MR) is 103 cm³/mol. The van der Waals surface area contributed by atoms with Gasteiger partial charge in [-0.3, -0.25) is 4.79 Å². The van der Waals surface area contributed by atoms with E-state index in [9.17, 15) is 19.8 Å². The molecule has 0 heterocycles. The predicted octanol–water partition coefficient (Wildman–Crippen LogP) is 1.82. The van der Waals surface area contributed by atoms with Crippen molar-refractivity contribution >= 4 is 11.8 Å². The summed E-state index contributed by atoms with van der Waals surface area (Å²) in [5, 5.41) is 20.4. The van der Waals surface area contributed by atoms with Gasteiger partial charge in [-0.05, 0) is 51.0 Å². The van der Waals surface area contributed by atoms with Gasteiger partial charge < -0.3 is 20.7 Å². The third kappa shape index (κ3) is 3.26. The summed E-state index contributed by atoms with van der Waals surface area (Å²) in [4.78, 5) is 25.9. The summed E-state index contributed by atoms with van der Waals surface area (Å²) in [5.74, 6) is -1.03. The summed E-state index contributed by atoms with van der Waals surface area (Å²) in [7, 11) is 0. The van der Waals surface area contributed by atoms with Gasteiger partial charge in [-0.25, -0.2) is 4.79 Å². The lowest BCUT2D eigenvalue weighted by molar-refractivity contribution is -0.193. The monoisotopic (exact) mass is 381 g/mol.